The monoisotopic (exact) mass is 397 g/mol. The van der Waals surface area contributed by atoms with Gasteiger partial charge in [0.25, 0.3) is 6.47 Å². The third kappa shape index (κ3) is 3.34. The molecule has 3 aromatic rings. The van der Waals surface area contributed by atoms with Crippen LogP contribution in [0.15, 0.2) is 18.2 Å². The summed E-state index contributed by atoms with van der Waals surface area (Å²) in [4.78, 5) is 23.2. The van der Waals surface area contributed by atoms with E-state index >= 15 is 0 Å². The number of fused-ring (bicyclic) bond motifs is 1. The summed E-state index contributed by atoms with van der Waals surface area (Å²) < 4.78 is 7.89. The van der Waals surface area contributed by atoms with E-state index in [4.69, 9.17) is 14.7 Å². The van der Waals surface area contributed by atoms with Crippen molar-refractivity contribution in [3.8, 4) is 0 Å². The summed E-state index contributed by atoms with van der Waals surface area (Å²) in [6.07, 6.45) is 6.13. The molecule has 0 unspecified atom stereocenters. The molecule has 5 nitrogen and oxygen atoms in total. The minimum absolute atomic E-state index is 0.432. The van der Waals surface area contributed by atoms with Crippen LogP contribution in [0.5, 0.6) is 0 Å². The number of pyridine rings is 1. The summed E-state index contributed by atoms with van der Waals surface area (Å²) in [5.74, 6) is 1.06. The number of carbonyl (C=O) groups excluding carboxylic acids is 1. The molecule has 0 aromatic carbocycles. The predicted molar refractivity (Wildman–Crippen MR) is 112 cm³/mol. The first-order valence-electron chi connectivity index (χ1n) is 10.1. The molecule has 0 aliphatic heterocycles. The van der Waals surface area contributed by atoms with Crippen LogP contribution in [-0.4, -0.2) is 21.0 Å². The molecule has 28 heavy (non-hydrogen) atoms. The summed E-state index contributed by atoms with van der Waals surface area (Å²) in [5, 5.41) is 0. The van der Waals surface area contributed by atoms with Gasteiger partial charge in [0, 0.05) is 21.9 Å². The van der Waals surface area contributed by atoms with Gasteiger partial charge in [-0.15, -0.1) is 11.3 Å². The highest BCUT2D eigenvalue weighted by atomic mass is 32.1. The fourth-order valence-electron chi connectivity index (χ4n) is 4.39. The lowest BCUT2D eigenvalue weighted by atomic mass is 9.83. The summed E-state index contributed by atoms with van der Waals surface area (Å²) in [6.45, 7) is 7.63. The number of hydrogen-bond acceptors (Lipinski definition) is 5. The van der Waals surface area contributed by atoms with E-state index < -0.39 is 5.60 Å². The van der Waals surface area contributed by atoms with Gasteiger partial charge in [0.05, 0.1) is 6.54 Å². The summed E-state index contributed by atoms with van der Waals surface area (Å²) >= 11 is 1.75. The zero-order chi connectivity index (χ0) is 19.7. The Hall–Kier alpha value is -2.21. The lowest BCUT2D eigenvalue weighted by molar-refractivity contribution is -0.148. The number of rotatable bonds is 6. The highest BCUT2D eigenvalue weighted by Gasteiger charge is 2.37. The normalized spacial score (nSPS) is 16.4. The van der Waals surface area contributed by atoms with Gasteiger partial charge in [-0.3, -0.25) is 4.79 Å². The van der Waals surface area contributed by atoms with Crippen LogP contribution < -0.4 is 0 Å². The Balaban J connectivity index is 1.70. The minimum Gasteiger partial charge on any atom is -0.456 e. The first-order chi connectivity index (χ1) is 13.6. The highest BCUT2D eigenvalue weighted by molar-refractivity contribution is 7.12. The topological polar surface area (TPSA) is 57.0 Å². The summed E-state index contributed by atoms with van der Waals surface area (Å²) in [6, 6.07) is 6.40. The molecule has 1 aliphatic rings. The maximum Gasteiger partial charge on any atom is 0.294 e. The van der Waals surface area contributed by atoms with E-state index in [9.17, 15) is 4.79 Å². The van der Waals surface area contributed by atoms with Gasteiger partial charge in [-0.25, -0.2) is 9.97 Å². The Labute approximate surface area is 169 Å². The molecular weight excluding hydrogens is 370 g/mol. The smallest absolute Gasteiger partial charge is 0.294 e. The lowest BCUT2D eigenvalue weighted by Gasteiger charge is -2.34. The fourth-order valence-corrected chi connectivity index (χ4v) is 5.57. The van der Waals surface area contributed by atoms with Gasteiger partial charge >= 0.3 is 0 Å². The standard InChI is InChI=1S/C22H27N3O2S/c1-4-19-24-20-15(2)12-16(3)23-21(20)25(19)13-17-8-9-18(28-17)22(27-14-26)10-6-5-7-11-22/h8-9,12,14H,4-7,10-11,13H2,1-3H3. The molecule has 0 atom stereocenters. The van der Waals surface area contributed by atoms with Crippen LogP contribution in [0.1, 0.15) is 65.9 Å². The summed E-state index contributed by atoms with van der Waals surface area (Å²) in [7, 11) is 0. The van der Waals surface area contributed by atoms with E-state index in [0.29, 0.717) is 6.47 Å². The molecule has 3 heterocycles. The molecule has 0 saturated heterocycles. The fraction of sp³-hybridized carbons (Fsp3) is 0.500. The number of aromatic nitrogens is 3. The molecule has 1 saturated carbocycles. The van der Waals surface area contributed by atoms with Gasteiger partial charge in [-0.1, -0.05) is 13.3 Å². The number of aryl methyl sites for hydroxylation is 3. The molecule has 3 aromatic heterocycles. The van der Waals surface area contributed by atoms with Gasteiger partial charge in [-0.05, 0) is 63.3 Å². The second kappa shape index (κ2) is 7.66. The third-order valence-corrected chi connectivity index (χ3v) is 7.03. The van der Waals surface area contributed by atoms with Crippen LogP contribution in [0.2, 0.25) is 0 Å². The maximum atomic E-state index is 11.2. The molecule has 4 rings (SSSR count). The van der Waals surface area contributed by atoms with Crippen molar-refractivity contribution in [2.45, 2.75) is 71.4 Å². The molecule has 6 heteroatoms. The first kappa shape index (κ1) is 19.1. The van der Waals surface area contributed by atoms with Crippen LogP contribution >= 0.6 is 11.3 Å². The first-order valence-corrected chi connectivity index (χ1v) is 10.9. The van der Waals surface area contributed by atoms with Crippen molar-refractivity contribution in [2.75, 3.05) is 0 Å². The van der Waals surface area contributed by atoms with E-state index in [1.54, 1.807) is 11.3 Å². The van der Waals surface area contributed by atoms with Crippen LogP contribution in [-0.2, 0) is 28.1 Å². The molecule has 148 valence electrons. The van der Waals surface area contributed by atoms with E-state index in [1.165, 1.54) is 16.9 Å². The van der Waals surface area contributed by atoms with Crippen molar-refractivity contribution in [3.05, 3.63) is 45.0 Å². The third-order valence-electron chi connectivity index (χ3n) is 5.78. The lowest BCUT2D eigenvalue weighted by Crippen LogP contribution is -2.30. The average Bonchev–Trinajstić information content (AvgIpc) is 3.29. The second-order valence-corrected chi connectivity index (χ2v) is 8.92. The van der Waals surface area contributed by atoms with E-state index in [0.717, 1.165) is 66.2 Å². The number of imidazole rings is 1. The van der Waals surface area contributed by atoms with Crippen molar-refractivity contribution < 1.29 is 9.53 Å². The zero-order valence-corrected chi connectivity index (χ0v) is 17.6. The number of nitrogens with zero attached hydrogens (tertiary/aromatic N) is 3. The van der Waals surface area contributed by atoms with E-state index in [2.05, 4.69) is 36.6 Å². The van der Waals surface area contributed by atoms with Crippen molar-refractivity contribution in [1.82, 2.24) is 14.5 Å². The molecule has 0 N–H and O–H groups in total. The SMILES string of the molecule is CCc1nc2c(C)cc(C)nc2n1Cc1ccc(C2(OC=O)CCCCC2)s1. The van der Waals surface area contributed by atoms with Crippen LogP contribution in [0.4, 0.5) is 0 Å². The van der Waals surface area contributed by atoms with Gasteiger partial charge < -0.3 is 9.30 Å². The van der Waals surface area contributed by atoms with Gasteiger partial charge in [0.15, 0.2) is 5.65 Å². The minimum atomic E-state index is -0.432. The predicted octanol–water partition coefficient (Wildman–Crippen LogP) is 5.05. The molecular formula is C22H27N3O2S. The molecule has 1 aliphatic carbocycles. The Morgan fingerprint density at radius 2 is 2.00 bits per heavy atom. The Bertz CT molecular complexity index is 999. The Kier molecular flexibility index (Phi) is 5.23. The van der Waals surface area contributed by atoms with Crippen LogP contribution in [0.25, 0.3) is 11.2 Å². The van der Waals surface area contributed by atoms with Gasteiger partial charge in [0.2, 0.25) is 0 Å². The molecule has 0 spiro atoms. The number of carbonyl (C=O) groups is 1. The molecule has 0 radical (unpaired) electrons. The number of ether oxygens (including phenoxy) is 1. The summed E-state index contributed by atoms with van der Waals surface area (Å²) in [5.41, 5.74) is 3.71. The zero-order valence-electron chi connectivity index (χ0n) is 16.8. The van der Waals surface area contributed by atoms with Crippen molar-refractivity contribution >= 4 is 29.0 Å². The van der Waals surface area contributed by atoms with E-state index in [-0.39, 0.29) is 0 Å². The van der Waals surface area contributed by atoms with Gasteiger partial charge in [0.1, 0.15) is 16.9 Å². The van der Waals surface area contributed by atoms with Crippen LogP contribution in [0, 0.1) is 13.8 Å². The van der Waals surface area contributed by atoms with E-state index in [1.807, 2.05) is 6.92 Å². The largest absolute Gasteiger partial charge is 0.456 e. The quantitative estimate of drug-likeness (QED) is 0.546. The van der Waals surface area contributed by atoms with Gasteiger partial charge in [-0.2, -0.15) is 0 Å². The Morgan fingerprint density at radius 3 is 2.71 bits per heavy atom. The number of hydrogen-bond donors (Lipinski definition) is 0. The maximum absolute atomic E-state index is 11.2. The molecule has 0 amide bonds. The number of thiophene rings is 1. The second-order valence-electron chi connectivity index (χ2n) is 7.76. The van der Waals surface area contributed by atoms with Crippen molar-refractivity contribution in [3.63, 3.8) is 0 Å². The van der Waals surface area contributed by atoms with Crippen molar-refractivity contribution in [2.24, 2.45) is 0 Å². The molecule has 0 bridgehead atoms. The average molecular weight is 398 g/mol. The van der Waals surface area contributed by atoms with Crippen molar-refractivity contribution in [1.29, 1.82) is 0 Å². The Morgan fingerprint density at radius 1 is 1.21 bits per heavy atom. The highest BCUT2D eigenvalue weighted by Crippen LogP contribution is 2.43. The van der Waals surface area contributed by atoms with Crippen LogP contribution in [0.3, 0.4) is 0 Å². The molecule has 1 fully saturated rings.